The molecule has 120 valence electrons. The van der Waals surface area contributed by atoms with Crippen molar-refractivity contribution in [2.45, 2.75) is 19.4 Å². The third kappa shape index (κ3) is 5.02. The van der Waals surface area contributed by atoms with Gasteiger partial charge in [-0.3, -0.25) is 4.79 Å². The van der Waals surface area contributed by atoms with Gasteiger partial charge in [-0.15, -0.1) is 24.8 Å². The number of hydrogen-bond donors (Lipinski definition) is 1. The summed E-state index contributed by atoms with van der Waals surface area (Å²) in [6.45, 7) is 6.23. The van der Waals surface area contributed by atoms with Crippen LogP contribution in [0.3, 0.4) is 0 Å². The fraction of sp³-hybridized carbons (Fsp3) is 0.500. The number of amides is 1. The van der Waals surface area contributed by atoms with E-state index in [4.69, 9.17) is 5.73 Å². The van der Waals surface area contributed by atoms with Crippen molar-refractivity contribution in [2.24, 2.45) is 5.73 Å². The first-order chi connectivity index (χ1) is 8.88. The van der Waals surface area contributed by atoms with Crippen LogP contribution < -0.4 is 10.6 Å². The van der Waals surface area contributed by atoms with Gasteiger partial charge in [0.1, 0.15) is 5.82 Å². The van der Waals surface area contributed by atoms with E-state index in [1.807, 2.05) is 0 Å². The molecule has 0 radical (unpaired) electrons. The number of carbonyl (C=O) groups is 1. The number of benzene rings is 1. The minimum Gasteiger partial charge on any atom is -0.368 e. The number of rotatable bonds is 2. The first-order valence-electron chi connectivity index (χ1n) is 6.47. The van der Waals surface area contributed by atoms with Crippen LogP contribution in [0.4, 0.5) is 10.1 Å². The number of halogens is 3. The van der Waals surface area contributed by atoms with Gasteiger partial charge >= 0.3 is 0 Å². The number of nitrogens with zero attached hydrogens (tertiary/aromatic N) is 2. The van der Waals surface area contributed by atoms with E-state index in [1.165, 1.54) is 12.1 Å². The van der Waals surface area contributed by atoms with Crippen LogP contribution in [0.25, 0.3) is 0 Å². The van der Waals surface area contributed by atoms with Crippen LogP contribution in [0, 0.1) is 5.82 Å². The van der Waals surface area contributed by atoms with Gasteiger partial charge in [-0.05, 0) is 38.1 Å². The van der Waals surface area contributed by atoms with Crippen LogP contribution in [-0.4, -0.2) is 42.5 Å². The number of piperazine rings is 1. The van der Waals surface area contributed by atoms with Crippen LogP contribution in [0.1, 0.15) is 13.8 Å². The van der Waals surface area contributed by atoms with Gasteiger partial charge in [-0.25, -0.2) is 4.39 Å². The topological polar surface area (TPSA) is 49.6 Å². The Bertz CT molecular complexity index is 454. The smallest absolute Gasteiger partial charge is 0.242 e. The van der Waals surface area contributed by atoms with Crippen molar-refractivity contribution in [3.63, 3.8) is 0 Å². The van der Waals surface area contributed by atoms with E-state index in [-0.39, 0.29) is 36.5 Å². The van der Waals surface area contributed by atoms with Crippen LogP contribution in [0.15, 0.2) is 24.3 Å². The Balaban J connectivity index is 0.00000200. The predicted molar refractivity (Wildman–Crippen MR) is 88.0 cm³/mol. The molecule has 2 rings (SSSR count). The molecule has 1 fully saturated rings. The number of anilines is 1. The summed E-state index contributed by atoms with van der Waals surface area (Å²) in [4.78, 5) is 16.0. The second kappa shape index (κ2) is 7.82. The van der Waals surface area contributed by atoms with E-state index in [9.17, 15) is 9.18 Å². The Morgan fingerprint density at radius 1 is 1.10 bits per heavy atom. The zero-order chi connectivity index (χ0) is 14.0. The third-order valence-corrected chi connectivity index (χ3v) is 3.31. The van der Waals surface area contributed by atoms with E-state index in [2.05, 4.69) is 4.90 Å². The summed E-state index contributed by atoms with van der Waals surface area (Å²) in [6, 6.07) is 6.44. The molecule has 7 heteroatoms. The van der Waals surface area contributed by atoms with Crippen molar-refractivity contribution in [1.82, 2.24) is 4.90 Å². The minimum atomic E-state index is -0.821. The number of nitrogens with two attached hydrogens (primary N) is 1. The summed E-state index contributed by atoms with van der Waals surface area (Å²) in [5.74, 6) is -0.256. The highest BCUT2D eigenvalue weighted by Crippen LogP contribution is 2.17. The Morgan fingerprint density at radius 3 is 2.00 bits per heavy atom. The van der Waals surface area contributed by atoms with Gasteiger partial charge < -0.3 is 15.5 Å². The molecule has 4 nitrogen and oxygen atoms in total. The highest BCUT2D eigenvalue weighted by Gasteiger charge is 2.30. The van der Waals surface area contributed by atoms with Crippen molar-refractivity contribution in [1.29, 1.82) is 0 Å². The van der Waals surface area contributed by atoms with Gasteiger partial charge in [-0.1, -0.05) is 0 Å². The molecule has 2 N–H and O–H groups in total. The molecule has 0 aromatic heterocycles. The molecule has 1 saturated heterocycles. The average molecular weight is 338 g/mol. The number of hydrogen-bond acceptors (Lipinski definition) is 3. The lowest BCUT2D eigenvalue weighted by Gasteiger charge is -2.38. The highest BCUT2D eigenvalue weighted by molar-refractivity contribution is 5.86. The molecule has 1 aromatic rings. The van der Waals surface area contributed by atoms with Gasteiger partial charge in [0.05, 0.1) is 5.54 Å². The van der Waals surface area contributed by atoms with E-state index in [0.29, 0.717) is 13.1 Å². The van der Waals surface area contributed by atoms with Crippen LogP contribution in [0.5, 0.6) is 0 Å². The third-order valence-electron chi connectivity index (χ3n) is 3.31. The monoisotopic (exact) mass is 337 g/mol. The molecule has 0 aliphatic carbocycles. The first-order valence-corrected chi connectivity index (χ1v) is 6.47. The molecule has 0 atom stereocenters. The Kier molecular flexibility index (Phi) is 7.44. The fourth-order valence-electron chi connectivity index (χ4n) is 2.23. The maximum absolute atomic E-state index is 12.9. The predicted octanol–water partition coefficient (Wildman–Crippen LogP) is 2.06. The summed E-state index contributed by atoms with van der Waals surface area (Å²) in [7, 11) is 0. The second-order valence-corrected chi connectivity index (χ2v) is 5.48. The first kappa shape index (κ1) is 20.0. The van der Waals surface area contributed by atoms with Crippen molar-refractivity contribution in [3.05, 3.63) is 30.1 Å². The van der Waals surface area contributed by atoms with E-state index in [0.717, 1.165) is 18.8 Å². The zero-order valence-corrected chi connectivity index (χ0v) is 13.8. The summed E-state index contributed by atoms with van der Waals surface area (Å²) >= 11 is 0. The Labute approximate surface area is 137 Å². The lowest BCUT2D eigenvalue weighted by atomic mass is 10.0. The molecule has 1 aliphatic heterocycles. The molecule has 0 bridgehead atoms. The number of carbonyl (C=O) groups excluding carboxylic acids is 1. The second-order valence-electron chi connectivity index (χ2n) is 5.48. The molecule has 1 amide bonds. The Hall–Kier alpha value is -1.04. The summed E-state index contributed by atoms with van der Waals surface area (Å²) < 4.78 is 12.9. The lowest BCUT2D eigenvalue weighted by Crippen LogP contribution is -2.57. The van der Waals surface area contributed by atoms with Crippen molar-refractivity contribution >= 4 is 36.4 Å². The maximum Gasteiger partial charge on any atom is 0.242 e. The van der Waals surface area contributed by atoms with E-state index in [1.54, 1.807) is 30.9 Å². The molecule has 1 aromatic carbocycles. The molecular weight excluding hydrogens is 316 g/mol. The van der Waals surface area contributed by atoms with Gasteiger partial charge in [0.25, 0.3) is 0 Å². The van der Waals surface area contributed by atoms with Crippen molar-refractivity contribution in [3.8, 4) is 0 Å². The summed E-state index contributed by atoms with van der Waals surface area (Å²) in [6.07, 6.45) is 0. The van der Waals surface area contributed by atoms with Gasteiger partial charge in [0.2, 0.25) is 5.91 Å². The highest BCUT2D eigenvalue weighted by atomic mass is 35.5. The van der Waals surface area contributed by atoms with Gasteiger partial charge in [0, 0.05) is 31.9 Å². The minimum absolute atomic E-state index is 0. The normalized spacial score (nSPS) is 15.0. The zero-order valence-electron chi connectivity index (χ0n) is 12.2. The van der Waals surface area contributed by atoms with Gasteiger partial charge in [-0.2, -0.15) is 0 Å². The molecular formula is C14H22Cl2FN3O. The summed E-state index contributed by atoms with van der Waals surface area (Å²) in [5, 5.41) is 0. The van der Waals surface area contributed by atoms with E-state index >= 15 is 0 Å². The van der Waals surface area contributed by atoms with Gasteiger partial charge in [0.15, 0.2) is 0 Å². The maximum atomic E-state index is 12.9. The molecule has 21 heavy (non-hydrogen) atoms. The quantitative estimate of drug-likeness (QED) is 0.898. The van der Waals surface area contributed by atoms with Crippen LogP contribution in [-0.2, 0) is 4.79 Å². The standard InChI is InChI=1S/C14H20FN3O.2ClH/c1-14(2,16)13(19)18-9-7-17(8-10-18)12-5-3-11(15)4-6-12;;/h3-6H,7-10,16H2,1-2H3;2*1H. The van der Waals surface area contributed by atoms with Crippen LogP contribution >= 0.6 is 24.8 Å². The van der Waals surface area contributed by atoms with E-state index < -0.39 is 5.54 Å². The van der Waals surface area contributed by atoms with Crippen LogP contribution in [0.2, 0.25) is 0 Å². The molecule has 0 saturated carbocycles. The lowest BCUT2D eigenvalue weighted by molar-refractivity contribution is -0.136. The molecule has 1 heterocycles. The molecule has 0 unspecified atom stereocenters. The largest absolute Gasteiger partial charge is 0.368 e. The van der Waals surface area contributed by atoms with Crippen molar-refractivity contribution in [2.75, 3.05) is 31.1 Å². The Morgan fingerprint density at radius 2 is 1.57 bits per heavy atom. The summed E-state index contributed by atoms with van der Waals surface area (Å²) in [5.41, 5.74) is 5.99. The molecule has 1 aliphatic rings. The SMILES string of the molecule is CC(C)(N)C(=O)N1CCN(c2ccc(F)cc2)CC1.Cl.Cl. The van der Waals surface area contributed by atoms with Crippen molar-refractivity contribution < 1.29 is 9.18 Å². The molecule has 0 spiro atoms. The average Bonchev–Trinajstić information content (AvgIpc) is 2.38. The fourth-order valence-corrected chi connectivity index (χ4v) is 2.23.